The molecule has 0 unspecified atom stereocenters. The summed E-state index contributed by atoms with van der Waals surface area (Å²) in [5.74, 6) is 0.00980. The van der Waals surface area contributed by atoms with Gasteiger partial charge in [0, 0.05) is 18.2 Å². The first-order valence-corrected chi connectivity index (χ1v) is 5.89. The predicted molar refractivity (Wildman–Crippen MR) is 69.7 cm³/mol. The minimum Gasteiger partial charge on any atom is -0.396 e. The Balaban J connectivity index is 2.53. The lowest BCUT2D eigenvalue weighted by molar-refractivity contribution is 0.227. The molecule has 1 aromatic rings. The molecule has 0 bridgehead atoms. The Labute approximate surface area is 110 Å². The molecule has 0 aliphatic heterocycles. The molecule has 0 heterocycles. The fourth-order valence-corrected chi connectivity index (χ4v) is 1.43. The molecule has 0 aliphatic rings. The smallest absolute Gasteiger partial charge is 0.319 e. The van der Waals surface area contributed by atoms with Crippen LogP contribution in [-0.4, -0.2) is 24.3 Å². The molecule has 17 heavy (non-hydrogen) atoms. The summed E-state index contributed by atoms with van der Waals surface area (Å²) in [4.78, 5) is 11.5. The van der Waals surface area contributed by atoms with Crippen molar-refractivity contribution in [2.75, 3.05) is 18.5 Å². The Morgan fingerprint density at radius 1 is 1.47 bits per heavy atom. The highest BCUT2D eigenvalue weighted by Gasteiger charge is 2.07. The number of urea groups is 1. The maximum absolute atomic E-state index is 11.5. The van der Waals surface area contributed by atoms with Crippen LogP contribution in [0.4, 0.5) is 10.5 Å². The van der Waals surface area contributed by atoms with Gasteiger partial charge in [-0.25, -0.2) is 4.79 Å². The topological polar surface area (TPSA) is 61.4 Å². The van der Waals surface area contributed by atoms with Crippen molar-refractivity contribution in [1.29, 1.82) is 0 Å². The molecule has 6 heteroatoms. The second-order valence-electron chi connectivity index (χ2n) is 3.75. The van der Waals surface area contributed by atoms with Crippen LogP contribution in [0, 0.1) is 5.92 Å². The number of anilines is 1. The number of hydrogen-bond acceptors (Lipinski definition) is 2. The Bertz CT molecular complexity index is 399. The van der Waals surface area contributed by atoms with Crippen LogP contribution in [0.15, 0.2) is 18.2 Å². The van der Waals surface area contributed by atoms with Crippen molar-refractivity contribution in [3.63, 3.8) is 0 Å². The lowest BCUT2D eigenvalue weighted by Crippen LogP contribution is -2.33. The molecule has 0 spiro atoms. The van der Waals surface area contributed by atoms with Gasteiger partial charge < -0.3 is 15.7 Å². The molecule has 0 saturated carbocycles. The average Bonchev–Trinajstić information content (AvgIpc) is 2.30. The molecule has 1 aromatic carbocycles. The zero-order valence-corrected chi connectivity index (χ0v) is 10.8. The summed E-state index contributed by atoms with van der Waals surface area (Å²) in [6, 6.07) is 4.43. The van der Waals surface area contributed by atoms with E-state index in [1.54, 1.807) is 18.2 Å². The third-order valence-corrected chi connectivity index (χ3v) is 2.66. The Hall–Kier alpha value is -0.970. The van der Waals surface area contributed by atoms with Gasteiger partial charge in [0.15, 0.2) is 0 Å². The molecule has 1 rings (SSSR count). The number of carbonyl (C=O) groups is 1. The summed E-state index contributed by atoms with van der Waals surface area (Å²) < 4.78 is 0. The van der Waals surface area contributed by atoms with Crippen LogP contribution in [0.25, 0.3) is 0 Å². The van der Waals surface area contributed by atoms with E-state index in [0.29, 0.717) is 22.3 Å². The lowest BCUT2D eigenvalue weighted by Gasteiger charge is -2.11. The molecule has 0 fully saturated rings. The van der Waals surface area contributed by atoms with Gasteiger partial charge in [-0.15, -0.1) is 0 Å². The van der Waals surface area contributed by atoms with Crippen LogP contribution in [-0.2, 0) is 0 Å². The number of aliphatic hydroxyl groups is 1. The van der Waals surface area contributed by atoms with Crippen LogP contribution in [0.5, 0.6) is 0 Å². The van der Waals surface area contributed by atoms with E-state index in [4.69, 9.17) is 28.3 Å². The first-order valence-electron chi connectivity index (χ1n) is 5.13. The monoisotopic (exact) mass is 276 g/mol. The van der Waals surface area contributed by atoms with E-state index in [1.165, 1.54) is 0 Å². The number of aliphatic hydroxyl groups excluding tert-OH is 1. The molecule has 1 atom stereocenters. The molecule has 0 aliphatic carbocycles. The quantitative estimate of drug-likeness (QED) is 0.792. The predicted octanol–water partition coefficient (Wildman–Crippen LogP) is 2.74. The second-order valence-corrected chi connectivity index (χ2v) is 4.59. The molecule has 4 nitrogen and oxygen atoms in total. The zero-order chi connectivity index (χ0) is 12.8. The number of carbonyl (C=O) groups excluding carboxylic acids is 1. The number of hydrogen-bond donors (Lipinski definition) is 3. The van der Waals surface area contributed by atoms with Gasteiger partial charge >= 0.3 is 6.03 Å². The first kappa shape index (κ1) is 14.1. The van der Waals surface area contributed by atoms with Crippen molar-refractivity contribution in [3.05, 3.63) is 28.2 Å². The van der Waals surface area contributed by atoms with Crippen LogP contribution in [0.3, 0.4) is 0 Å². The number of benzene rings is 1. The molecule has 0 saturated heterocycles. The third-order valence-electron chi connectivity index (χ3n) is 2.10. The average molecular weight is 277 g/mol. The Kier molecular flexibility index (Phi) is 5.55. The zero-order valence-electron chi connectivity index (χ0n) is 9.34. The van der Waals surface area contributed by atoms with Gasteiger partial charge in [0.1, 0.15) is 0 Å². The van der Waals surface area contributed by atoms with Crippen molar-refractivity contribution in [1.82, 2.24) is 5.32 Å². The minimum atomic E-state index is -0.380. The Morgan fingerprint density at radius 2 is 2.18 bits per heavy atom. The normalized spacial score (nSPS) is 12.0. The fraction of sp³-hybridized carbons (Fsp3) is 0.364. The van der Waals surface area contributed by atoms with E-state index in [9.17, 15) is 4.79 Å². The summed E-state index contributed by atoms with van der Waals surface area (Å²) in [5.41, 5.74) is 0.452. The highest BCUT2D eigenvalue weighted by atomic mass is 35.5. The van der Waals surface area contributed by atoms with E-state index in [2.05, 4.69) is 10.6 Å². The summed E-state index contributed by atoms with van der Waals surface area (Å²) >= 11 is 11.7. The number of amides is 2. The number of nitrogens with one attached hydrogen (secondary N) is 2. The van der Waals surface area contributed by atoms with Gasteiger partial charge in [0.2, 0.25) is 0 Å². The van der Waals surface area contributed by atoms with E-state index in [0.717, 1.165) is 0 Å². The van der Waals surface area contributed by atoms with Crippen molar-refractivity contribution < 1.29 is 9.90 Å². The van der Waals surface area contributed by atoms with Crippen molar-refractivity contribution in [2.45, 2.75) is 6.92 Å². The molecule has 3 N–H and O–H groups in total. The highest BCUT2D eigenvalue weighted by molar-refractivity contribution is 6.35. The van der Waals surface area contributed by atoms with Gasteiger partial charge in [-0.05, 0) is 24.1 Å². The van der Waals surface area contributed by atoms with E-state index >= 15 is 0 Å². The fourth-order valence-electron chi connectivity index (χ4n) is 1.09. The minimum absolute atomic E-state index is 0.00980. The molecule has 0 radical (unpaired) electrons. The maximum atomic E-state index is 11.5. The Morgan fingerprint density at radius 3 is 2.82 bits per heavy atom. The second kappa shape index (κ2) is 6.69. The molecular weight excluding hydrogens is 263 g/mol. The summed E-state index contributed by atoms with van der Waals surface area (Å²) in [6.45, 7) is 2.24. The summed E-state index contributed by atoms with van der Waals surface area (Å²) in [5, 5.41) is 14.9. The van der Waals surface area contributed by atoms with Gasteiger partial charge in [0.25, 0.3) is 0 Å². The summed E-state index contributed by atoms with van der Waals surface area (Å²) in [6.07, 6.45) is 0. The molecule has 94 valence electrons. The van der Waals surface area contributed by atoms with E-state index in [1.807, 2.05) is 6.92 Å². The van der Waals surface area contributed by atoms with Crippen molar-refractivity contribution in [2.24, 2.45) is 5.92 Å². The van der Waals surface area contributed by atoms with Crippen molar-refractivity contribution in [3.8, 4) is 0 Å². The van der Waals surface area contributed by atoms with E-state index in [-0.39, 0.29) is 18.6 Å². The highest BCUT2D eigenvalue weighted by Crippen LogP contribution is 2.25. The lowest BCUT2D eigenvalue weighted by atomic mass is 10.2. The van der Waals surface area contributed by atoms with Crippen LogP contribution >= 0.6 is 23.2 Å². The summed E-state index contributed by atoms with van der Waals surface area (Å²) in [7, 11) is 0. The largest absolute Gasteiger partial charge is 0.396 e. The SMILES string of the molecule is C[C@H](CO)CNC(=O)Nc1cc(Cl)ccc1Cl. The molecule has 2 amide bonds. The standard InChI is InChI=1S/C11H14Cl2N2O2/c1-7(6-16)5-14-11(17)15-10-4-8(12)2-3-9(10)13/h2-4,7,16H,5-6H2,1H3,(H2,14,15,17)/t7-/m0/s1. The molecular formula is C11H14Cl2N2O2. The van der Waals surface area contributed by atoms with Gasteiger partial charge in [0.05, 0.1) is 10.7 Å². The van der Waals surface area contributed by atoms with Gasteiger partial charge in [-0.1, -0.05) is 30.1 Å². The third kappa shape index (κ3) is 4.81. The van der Waals surface area contributed by atoms with Gasteiger partial charge in [-0.3, -0.25) is 0 Å². The van der Waals surface area contributed by atoms with Crippen LogP contribution in [0.1, 0.15) is 6.92 Å². The van der Waals surface area contributed by atoms with Crippen molar-refractivity contribution >= 4 is 34.9 Å². The van der Waals surface area contributed by atoms with Crippen LogP contribution in [0.2, 0.25) is 10.0 Å². The molecule has 0 aromatic heterocycles. The number of halogens is 2. The first-order chi connectivity index (χ1) is 8.02. The maximum Gasteiger partial charge on any atom is 0.319 e. The van der Waals surface area contributed by atoms with Gasteiger partial charge in [-0.2, -0.15) is 0 Å². The number of rotatable bonds is 4. The van der Waals surface area contributed by atoms with Crippen LogP contribution < -0.4 is 10.6 Å². The van der Waals surface area contributed by atoms with E-state index < -0.39 is 0 Å².